The van der Waals surface area contributed by atoms with Gasteiger partial charge in [-0.05, 0) is 18.3 Å². The van der Waals surface area contributed by atoms with Crippen molar-refractivity contribution in [3.8, 4) is 0 Å². The molecule has 2 aromatic rings. The highest BCUT2D eigenvalue weighted by Gasteiger charge is 2.40. The number of imidazole rings is 1. The van der Waals surface area contributed by atoms with Crippen LogP contribution in [-0.4, -0.2) is 14.4 Å². The fourth-order valence-corrected chi connectivity index (χ4v) is 3.59. The van der Waals surface area contributed by atoms with Crippen molar-refractivity contribution in [2.24, 2.45) is 5.41 Å². The maximum absolute atomic E-state index is 4.74. The molecule has 2 heterocycles. The van der Waals surface area contributed by atoms with E-state index in [2.05, 4.69) is 37.1 Å². The second-order valence-electron chi connectivity index (χ2n) is 6.61. The molecule has 0 aromatic carbocycles. The summed E-state index contributed by atoms with van der Waals surface area (Å²) in [7, 11) is 0. The normalized spacial score (nSPS) is 21.4. The summed E-state index contributed by atoms with van der Waals surface area (Å²) >= 11 is 0. The fourth-order valence-electron chi connectivity index (χ4n) is 3.59. The Bertz CT molecular complexity index is 578. The average molecular weight is 229 g/mol. The first-order valence-corrected chi connectivity index (χ1v) is 6.21. The molecule has 0 amide bonds. The molecule has 0 fully saturated rings. The average Bonchev–Trinajstić information content (AvgIpc) is 2.51. The number of aromatic nitrogens is 3. The van der Waals surface area contributed by atoms with Crippen LogP contribution in [0.15, 0.2) is 18.6 Å². The number of rotatable bonds is 0. The maximum Gasteiger partial charge on any atom is 0.155 e. The molecule has 0 radical (unpaired) electrons. The van der Waals surface area contributed by atoms with Crippen molar-refractivity contribution in [2.75, 3.05) is 0 Å². The molecule has 0 aliphatic heterocycles. The van der Waals surface area contributed by atoms with Crippen molar-refractivity contribution < 1.29 is 0 Å². The van der Waals surface area contributed by atoms with E-state index in [1.807, 2.05) is 18.6 Å². The van der Waals surface area contributed by atoms with E-state index < -0.39 is 0 Å². The van der Waals surface area contributed by atoms with Crippen LogP contribution in [0.3, 0.4) is 0 Å². The highest BCUT2D eigenvalue weighted by molar-refractivity contribution is 5.44. The van der Waals surface area contributed by atoms with Gasteiger partial charge in [-0.2, -0.15) is 0 Å². The third kappa shape index (κ3) is 1.56. The Morgan fingerprint density at radius 1 is 1.24 bits per heavy atom. The molecule has 0 N–H and O–H groups in total. The topological polar surface area (TPSA) is 30.2 Å². The van der Waals surface area contributed by atoms with Crippen molar-refractivity contribution in [1.29, 1.82) is 0 Å². The van der Waals surface area contributed by atoms with Gasteiger partial charge in [-0.3, -0.25) is 4.98 Å². The van der Waals surface area contributed by atoms with Crippen LogP contribution in [0.2, 0.25) is 0 Å². The van der Waals surface area contributed by atoms with Crippen molar-refractivity contribution in [3.63, 3.8) is 0 Å². The van der Waals surface area contributed by atoms with Crippen molar-refractivity contribution in [3.05, 3.63) is 30.0 Å². The molecule has 0 saturated heterocycles. The maximum atomic E-state index is 4.74. The minimum Gasteiger partial charge on any atom is -0.300 e. The van der Waals surface area contributed by atoms with Gasteiger partial charge >= 0.3 is 0 Å². The summed E-state index contributed by atoms with van der Waals surface area (Å²) in [5.74, 6) is 0. The first-order valence-electron chi connectivity index (χ1n) is 6.21. The molecular weight excluding hydrogens is 210 g/mol. The van der Waals surface area contributed by atoms with E-state index in [1.165, 1.54) is 17.8 Å². The zero-order valence-corrected chi connectivity index (χ0v) is 11.0. The van der Waals surface area contributed by atoms with Gasteiger partial charge in [-0.25, -0.2) is 4.98 Å². The minimum atomic E-state index is 0.178. The van der Waals surface area contributed by atoms with Gasteiger partial charge in [-0.1, -0.05) is 27.7 Å². The van der Waals surface area contributed by atoms with Crippen molar-refractivity contribution in [2.45, 2.75) is 46.0 Å². The molecule has 1 aliphatic carbocycles. The summed E-state index contributed by atoms with van der Waals surface area (Å²) in [5.41, 5.74) is 4.11. The van der Waals surface area contributed by atoms with Crippen LogP contribution in [0, 0.1) is 5.41 Å². The van der Waals surface area contributed by atoms with Crippen LogP contribution in [0.4, 0.5) is 0 Å². The minimum absolute atomic E-state index is 0.178. The molecule has 0 unspecified atom stereocenters. The SMILES string of the molecule is CC1(C)Cc2nc3cnccn3c2C(C)(C)C1. The van der Waals surface area contributed by atoms with Crippen molar-refractivity contribution >= 4 is 5.65 Å². The summed E-state index contributed by atoms with van der Waals surface area (Å²) in [6.07, 6.45) is 7.98. The molecule has 3 heteroatoms. The largest absolute Gasteiger partial charge is 0.300 e. The molecule has 3 nitrogen and oxygen atoms in total. The molecule has 0 atom stereocenters. The Morgan fingerprint density at radius 3 is 2.76 bits per heavy atom. The first kappa shape index (κ1) is 10.8. The molecule has 3 rings (SSSR count). The summed E-state index contributed by atoms with van der Waals surface area (Å²) < 4.78 is 2.21. The van der Waals surface area contributed by atoms with Gasteiger partial charge in [0, 0.05) is 17.8 Å². The van der Waals surface area contributed by atoms with Crippen LogP contribution in [0.1, 0.15) is 45.5 Å². The molecule has 90 valence electrons. The second-order valence-corrected chi connectivity index (χ2v) is 6.61. The molecule has 0 spiro atoms. The quantitative estimate of drug-likeness (QED) is 0.695. The van der Waals surface area contributed by atoms with E-state index in [0.29, 0.717) is 5.41 Å². The Kier molecular flexibility index (Phi) is 1.96. The lowest BCUT2D eigenvalue weighted by Crippen LogP contribution is -2.35. The van der Waals surface area contributed by atoms with E-state index in [0.717, 1.165) is 12.1 Å². The van der Waals surface area contributed by atoms with Crippen LogP contribution in [0.5, 0.6) is 0 Å². The lowest BCUT2D eigenvalue weighted by molar-refractivity contribution is 0.224. The van der Waals surface area contributed by atoms with E-state index in [-0.39, 0.29) is 5.41 Å². The van der Waals surface area contributed by atoms with E-state index in [1.54, 1.807) is 0 Å². The first-order chi connectivity index (χ1) is 7.89. The summed E-state index contributed by atoms with van der Waals surface area (Å²) in [5, 5.41) is 0. The van der Waals surface area contributed by atoms with Crippen molar-refractivity contribution in [1.82, 2.24) is 14.4 Å². The summed E-state index contributed by atoms with van der Waals surface area (Å²) in [6, 6.07) is 0. The van der Waals surface area contributed by atoms with Gasteiger partial charge < -0.3 is 4.40 Å². The van der Waals surface area contributed by atoms with E-state index in [4.69, 9.17) is 4.98 Å². The standard InChI is InChI=1S/C14H19N3/c1-13(2)7-10-12(14(3,4)9-13)17-6-5-15-8-11(17)16-10/h5-6,8H,7,9H2,1-4H3. The number of hydrogen-bond acceptors (Lipinski definition) is 2. The van der Waals surface area contributed by atoms with E-state index >= 15 is 0 Å². The number of fused-ring (bicyclic) bond motifs is 3. The molecular formula is C14H19N3. The zero-order valence-electron chi connectivity index (χ0n) is 11.0. The predicted molar refractivity (Wildman–Crippen MR) is 68.1 cm³/mol. The van der Waals surface area contributed by atoms with Crippen LogP contribution >= 0.6 is 0 Å². The fraction of sp³-hybridized carbons (Fsp3) is 0.571. The Balaban J connectivity index is 2.31. The highest BCUT2D eigenvalue weighted by Crippen LogP contribution is 2.45. The number of nitrogens with zero attached hydrogens (tertiary/aromatic N) is 3. The lowest BCUT2D eigenvalue weighted by atomic mass is 9.66. The predicted octanol–water partition coefficient (Wildman–Crippen LogP) is 2.98. The van der Waals surface area contributed by atoms with Gasteiger partial charge in [-0.15, -0.1) is 0 Å². The molecule has 0 bridgehead atoms. The van der Waals surface area contributed by atoms with Crippen LogP contribution in [-0.2, 0) is 11.8 Å². The second kappa shape index (κ2) is 3.09. The lowest BCUT2D eigenvalue weighted by Gasteiger charge is -2.40. The molecule has 17 heavy (non-hydrogen) atoms. The third-order valence-electron chi connectivity index (χ3n) is 3.71. The molecule has 2 aromatic heterocycles. The molecule has 1 aliphatic rings. The monoisotopic (exact) mass is 229 g/mol. The van der Waals surface area contributed by atoms with Gasteiger partial charge in [0.1, 0.15) is 0 Å². The highest BCUT2D eigenvalue weighted by atomic mass is 15.0. The smallest absolute Gasteiger partial charge is 0.155 e. The Labute approximate surface area is 102 Å². The molecule has 0 saturated carbocycles. The number of hydrogen-bond donors (Lipinski definition) is 0. The van der Waals surface area contributed by atoms with Gasteiger partial charge in [0.25, 0.3) is 0 Å². The van der Waals surface area contributed by atoms with E-state index in [9.17, 15) is 0 Å². The van der Waals surface area contributed by atoms with Gasteiger partial charge in [0.2, 0.25) is 0 Å². The summed E-state index contributed by atoms with van der Waals surface area (Å²) in [6.45, 7) is 9.31. The zero-order chi connectivity index (χ0) is 12.3. The van der Waals surface area contributed by atoms with Crippen LogP contribution in [0.25, 0.3) is 5.65 Å². The third-order valence-corrected chi connectivity index (χ3v) is 3.71. The van der Waals surface area contributed by atoms with Gasteiger partial charge in [0.05, 0.1) is 17.6 Å². The van der Waals surface area contributed by atoms with Crippen LogP contribution < -0.4 is 0 Å². The Morgan fingerprint density at radius 2 is 2.00 bits per heavy atom. The van der Waals surface area contributed by atoms with Gasteiger partial charge in [0.15, 0.2) is 5.65 Å². The Hall–Kier alpha value is -1.38. The summed E-state index contributed by atoms with van der Waals surface area (Å²) in [4.78, 5) is 8.90.